The van der Waals surface area contributed by atoms with Gasteiger partial charge < -0.3 is 14.8 Å². The standard InChI is InChI=1S/C27H34FN5O4/c1-5-36-26(35)20-14-30-25(21-15-29-22-11-10-18(28)16-33(21)22)32-24(20)31-19-8-6-7-17(13-19)9-12-23(34)37-27(2,3)4/h10-11,14-17,19H,5-9,12-13H2,1-4H3,(H,30,31,32). The Morgan fingerprint density at radius 2 is 2.00 bits per heavy atom. The zero-order valence-electron chi connectivity index (χ0n) is 21.8. The van der Waals surface area contributed by atoms with Gasteiger partial charge in [0, 0.05) is 24.9 Å². The summed E-state index contributed by atoms with van der Waals surface area (Å²) in [5.74, 6) is -0.0746. The first-order valence-electron chi connectivity index (χ1n) is 12.8. The van der Waals surface area contributed by atoms with Crippen LogP contribution < -0.4 is 5.32 Å². The molecule has 1 N–H and O–H groups in total. The van der Waals surface area contributed by atoms with E-state index < -0.39 is 17.4 Å². The van der Waals surface area contributed by atoms with Crippen molar-refractivity contribution in [2.45, 2.75) is 77.9 Å². The molecule has 4 rings (SSSR count). The first-order valence-corrected chi connectivity index (χ1v) is 12.8. The average molecular weight is 512 g/mol. The van der Waals surface area contributed by atoms with Gasteiger partial charge >= 0.3 is 11.9 Å². The number of nitrogens with one attached hydrogen (secondary N) is 1. The second-order valence-corrected chi connectivity index (χ2v) is 10.4. The number of aromatic nitrogens is 4. The van der Waals surface area contributed by atoms with Crippen LogP contribution >= 0.6 is 0 Å². The quantitative estimate of drug-likeness (QED) is 0.411. The number of ether oxygens (including phenoxy) is 2. The van der Waals surface area contributed by atoms with E-state index in [4.69, 9.17) is 9.47 Å². The third-order valence-corrected chi connectivity index (χ3v) is 6.28. The molecule has 0 aliphatic heterocycles. The van der Waals surface area contributed by atoms with E-state index in [9.17, 15) is 14.0 Å². The van der Waals surface area contributed by atoms with Crippen LogP contribution in [0.2, 0.25) is 0 Å². The fourth-order valence-corrected chi connectivity index (χ4v) is 4.69. The molecule has 1 saturated carbocycles. The van der Waals surface area contributed by atoms with Crippen LogP contribution in [0, 0.1) is 11.7 Å². The summed E-state index contributed by atoms with van der Waals surface area (Å²) in [4.78, 5) is 38.2. The zero-order chi connectivity index (χ0) is 26.6. The highest BCUT2D eigenvalue weighted by molar-refractivity contribution is 5.94. The Kier molecular flexibility index (Phi) is 8.04. The molecule has 2 atom stereocenters. The lowest BCUT2D eigenvalue weighted by Gasteiger charge is -2.30. The number of hydrogen-bond donors (Lipinski definition) is 1. The van der Waals surface area contributed by atoms with E-state index in [-0.39, 0.29) is 24.2 Å². The molecule has 0 spiro atoms. The van der Waals surface area contributed by atoms with E-state index in [0.717, 1.165) is 32.1 Å². The van der Waals surface area contributed by atoms with E-state index in [1.807, 2.05) is 20.8 Å². The Hall–Kier alpha value is -3.56. The molecule has 1 aliphatic rings. The van der Waals surface area contributed by atoms with Gasteiger partial charge in [0.2, 0.25) is 0 Å². The maximum absolute atomic E-state index is 13.9. The Morgan fingerprint density at radius 3 is 2.76 bits per heavy atom. The van der Waals surface area contributed by atoms with Gasteiger partial charge in [-0.1, -0.05) is 12.8 Å². The van der Waals surface area contributed by atoms with Crippen molar-refractivity contribution >= 4 is 23.4 Å². The molecule has 0 aromatic carbocycles. The predicted octanol–water partition coefficient (Wildman–Crippen LogP) is 5.20. The number of hydrogen-bond acceptors (Lipinski definition) is 8. The first kappa shape index (κ1) is 26.5. The summed E-state index contributed by atoms with van der Waals surface area (Å²) in [6.07, 6.45) is 9.24. The van der Waals surface area contributed by atoms with Crippen molar-refractivity contribution in [3.63, 3.8) is 0 Å². The van der Waals surface area contributed by atoms with Gasteiger partial charge in [0.25, 0.3) is 0 Å². The molecule has 198 valence electrons. The van der Waals surface area contributed by atoms with Crippen LogP contribution in [0.3, 0.4) is 0 Å². The minimum absolute atomic E-state index is 0.0629. The minimum Gasteiger partial charge on any atom is -0.462 e. The number of nitrogens with zero attached hydrogens (tertiary/aromatic N) is 4. The van der Waals surface area contributed by atoms with Crippen molar-refractivity contribution in [1.82, 2.24) is 19.4 Å². The average Bonchev–Trinajstić information content (AvgIpc) is 3.25. The molecule has 3 heterocycles. The second-order valence-electron chi connectivity index (χ2n) is 10.4. The van der Waals surface area contributed by atoms with E-state index in [1.54, 1.807) is 23.6 Å². The van der Waals surface area contributed by atoms with Gasteiger partial charge in [-0.25, -0.2) is 24.1 Å². The maximum atomic E-state index is 13.9. The smallest absolute Gasteiger partial charge is 0.343 e. The van der Waals surface area contributed by atoms with Crippen molar-refractivity contribution in [1.29, 1.82) is 0 Å². The SMILES string of the molecule is CCOC(=O)c1cnc(-c2cnc3ccc(F)cn23)nc1NC1CCCC(CCC(=O)OC(C)(C)C)C1. The van der Waals surface area contributed by atoms with E-state index in [2.05, 4.69) is 20.3 Å². The Balaban J connectivity index is 1.53. The van der Waals surface area contributed by atoms with Crippen LogP contribution in [0.15, 0.2) is 30.7 Å². The normalized spacial score (nSPS) is 18.0. The van der Waals surface area contributed by atoms with Crippen LogP contribution in [0.25, 0.3) is 17.2 Å². The van der Waals surface area contributed by atoms with Crippen molar-refractivity contribution < 1.29 is 23.5 Å². The van der Waals surface area contributed by atoms with Gasteiger partial charge in [0.05, 0.1) is 12.8 Å². The van der Waals surface area contributed by atoms with Gasteiger partial charge in [-0.15, -0.1) is 0 Å². The number of imidazole rings is 1. The predicted molar refractivity (Wildman–Crippen MR) is 137 cm³/mol. The number of rotatable bonds is 8. The molecule has 0 saturated heterocycles. The van der Waals surface area contributed by atoms with Gasteiger partial charge in [-0.3, -0.25) is 9.20 Å². The van der Waals surface area contributed by atoms with Crippen molar-refractivity contribution in [3.05, 3.63) is 42.1 Å². The number of carbonyl (C=O) groups excluding carboxylic acids is 2. The lowest BCUT2D eigenvalue weighted by Crippen LogP contribution is -2.30. The van der Waals surface area contributed by atoms with Crippen molar-refractivity contribution in [2.24, 2.45) is 5.92 Å². The summed E-state index contributed by atoms with van der Waals surface area (Å²) in [5.41, 5.74) is 0.812. The van der Waals surface area contributed by atoms with Crippen molar-refractivity contribution in [2.75, 3.05) is 11.9 Å². The van der Waals surface area contributed by atoms with E-state index in [0.29, 0.717) is 35.3 Å². The number of esters is 2. The minimum atomic E-state index is -0.516. The number of carbonyl (C=O) groups is 2. The maximum Gasteiger partial charge on any atom is 0.343 e. The van der Waals surface area contributed by atoms with Gasteiger partial charge in [0.1, 0.15) is 34.1 Å². The molecule has 1 fully saturated rings. The van der Waals surface area contributed by atoms with Crippen LogP contribution in [0.4, 0.5) is 10.2 Å². The van der Waals surface area contributed by atoms with E-state index >= 15 is 0 Å². The van der Waals surface area contributed by atoms with Gasteiger partial charge in [-0.2, -0.15) is 0 Å². The molecular weight excluding hydrogens is 477 g/mol. The molecule has 0 bridgehead atoms. The monoisotopic (exact) mass is 511 g/mol. The molecule has 0 radical (unpaired) electrons. The molecule has 3 aromatic rings. The molecule has 0 amide bonds. The number of fused-ring (bicyclic) bond motifs is 1. The van der Waals surface area contributed by atoms with Gasteiger partial charge in [-0.05, 0) is 65.0 Å². The lowest BCUT2D eigenvalue weighted by atomic mass is 9.83. The number of halogens is 1. The van der Waals surface area contributed by atoms with Gasteiger partial charge in [0.15, 0.2) is 5.82 Å². The highest BCUT2D eigenvalue weighted by Crippen LogP contribution is 2.31. The van der Waals surface area contributed by atoms with Crippen LogP contribution in [-0.4, -0.2) is 49.5 Å². The number of pyridine rings is 1. The topological polar surface area (TPSA) is 108 Å². The molecular formula is C27H34FN5O4. The molecule has 3 aromatic heterocycles. The van der Waals surface area contributed by atoms with Crippen LogP contribution in [0.5, 0.6) is 0 Å². The molecule has 1 aliphatic carbocycles. The summed E-state index contributed by atoms with van der Waals surface area (Å²) in [6, 6.07) is 2.98. The molecule has 37 heavy (non-hydrogen) atoms. The third kappa shape index (κ3) is 6.81. The lowest BCUT2D eigenvalue weighted by molar-refractivity contribution is -0.155. The summed E-state index contributed by atoms with van der Waals surface area (Å²) in [5, 5.41) is 3.43. The molecule has 2 unspecified atom stereocenters. The van der Waals surface area contributed by atoms with Crippen LogP contribution in [-0.2, 0) is 14.3 Å². The Bertz CT molecular complexity index is 1270. The van der Waals surface area contributed by atoms with Crippen LogP contribution in [0.1, 0.15) is 76.6 Å². The Labute approximate surface area is 215 Å². The molecule has 10 heteroatoms. The Morgan fingerprint density at radius 1 is 1.19 bits per heavy atom. The number of anilines is 1. The summed E-state index contributed by atoms with van der Waals surface area (Å²) >= 11 is 0. The van der Waals surface area contributed by atoms with Crippen molar-refractivity contribution in [3.8, 4) is 11.5 Å². The fourth-order valence-electron chi connectivity index (χ4n) is 4.69. The summed E-state index contributed by atoms with van der Waals surface area (Å²) in [7, 11) is 0. The fraction of sp³-hybridized carbons (Fsp3) is 0.519. The summed E-state index contributed by atoms with van der Waals surface area (Å²) in [6.45, 7) is 7.57. The van der Waals surface area contributed by atoms with E-state index in [1.165, 1.54) is 18.5 Å². The highest BCUT2D eigenvalue weighted by Gasteiger charge is 2.26. The molecule has 9 nitrogen and oxygen atoms in total. The largest absolute Gasteiger partial charge is 0.462 e. The zero-order valence-corrected chi connectivity index (χ0v) is 21.8. The first-order chi connectivity index (χ1) is 17.6. The third-order valence-electron chi connectivity index (χ3n) is 6.28. The summed E-state index contributed by atoms with van der Waals surface area (Å²) < 4.78 is 26.1. The highest BCUT2D eigenvalue weighted by atomic mass is 19.1. The second kappa shape index (κ2) is 11.2.